The van der Waals surface area contributed by atoms with Gasteiger partial charge in [0.15, 0.2) is 0 Å². The fourth-order valence-electron chi connectivity index (χ4n) is 1.66. The smallest absolute Gasteiger partial charge is 0.466 e. The summed E-state index contributed by atoms with van der Waals surface area (Å²) in [6.45, 7) is 4.46. The lowest BCUT2D eigenvalue weighted by Crippen LogP contribution is -2.34. The lowest BCUT2D eigenvalue weighted by atomic mass is 9.90. The van der Waals surface area contributed by atoms with Crippen LogP contribution in [0.3, 0.4) is 0 Å². The van der Waals surface area contributed by atoms with Gasteiger partial charge in [-0.3, -0.25) is 0 Å². The highest BCUT2D eigenvalue weighted by Crippen LogP contribution is 2.39. The van der Waals surface area contributed by atoms with Crippen LogP contribution in [0.25, 0.3) is 5.32 Å². The molecule has 2 unspecified atom stereocenters. The molecular formula is C11H21F6NO4P-. The van der Waals surface area contributed by atoms with E-state index in [9.17, 15) is 26.3 Å². The zero-order valence-corrected chi connectivity index (χ0v) is 13.7. The van der Waals surface area contributed by atoms with E-state index in [-0.39, 0.29) is 6.04 Å². The second kappa shape index (κ2) is 9.22. The van der Waals surface area contributed by atoms with Crippen LogP contribution in [0.5, 0.6) is 0 Å². The van der Waals surface area contributed by atoms with Crippen LogP contribution in [0, 0.1) is 0 Å². The largest absolute Gasteiger partial charge is 0.654 e. The standard InChI is InChI=1S/C11H18F6N.H3O4P/c1-4-8(2)18-9(3,7-11(15,16)17)5-6-10(12,13)14;1-5(2,3)4/h8H,4-7H2,1-3H3;(H3,1,2,3,4)/q-1;. The first-order valence-corrected chi connectivity index (χ1v) is 8.07. The number of phosphoric acid groups is 1. The normalized spacial score (nSPS) is 17.0. The maximum Gasteiger partial charge on any atom is 0.466 e. The van der Waals surface area contributed by atoms with Crippen molar-refractivity contribution in [1.29, 1.82) is 0 Å². The van der Waals surface area contributed by atoms with E-state index >= 15 is 0 Å². The number of hydrogen-bond acceptors (Lipinski definition) is 1. The van der Waals surface area contributed by atoms with Gasteiger partial charge in [-0.25, -0.2) is 4.57 Å². The molecule has 5 nitrogen and oxygen atoms in total. The lowest BCUT2D eigenvalue weighted by Gasteiger charge is -2.48. The van der Waals surface area contributed by atoms with E-state index in [0.29, 0.717) is 6.42 Å². The lowest BCUT2D eigenvalue weighted by molar-refractivity contribution is -0.156. The van der Waals surface area contributed by atoms with Gasteiger partial charge in [0.1, 0.15) is 0 Å². The van der Waals surface area contributed by atoms with Gasteiger partial charge in [0.05, 0.1) is 0 Å². The number of rotatable bonds is 6. The Hall–Kier alpha value is -0.350. The molecule has 142 valence electrons. The van der Waals surface area contributed by atoms with Crippen LogP contribution in [-0.2, 0) is 4.57 Å². The molecule has 0 aliphatic carbocycles. The molecule has 0 fully saturated rings. The first-order valence-electron chi connectivity index (χ1n) is 6.51. The van der Waals surface area contributed by atoms with E-state index < -0.39 is 45.0 Å². The monoisotopic (exact) mass is 376 g/mol. The summed E-state index contributed by atoms with van der Waals surface area (Å²) in [5, 5.41) is 3.90. The molecule has 0 aromatic rings. The average molecular weight is 376 g/mol. The Morgan fingerprint density at radius 1 is 1.00 bits per heavy atom. The molecule has 0 spiro atoms. The minimum atomic E-state index is -4.64. The Morgan fingerprint density at radius 2 is 1.39 bits per heavy atom. The van der Waals surface area contributed by atoms with Gasteiger partial charge in [-0.2, -0.15) is 26.3 Å². The zero-order valence-electron chi connectivity index (χ0n) is 12.8. The van der Waals surface area contributed by atoms with E-state index in [2.05, 4.69) is 5.32 Å². The fraction of sp³-hybridized carbons (Fsp3) is 1.00. The molecular weight excluding hydrogens is 355 g/mol. The number of halogens is 6. The van der Waals surface area contributed by atoms with Gasteiger partial charge in [0.25, 0.3) is 0 Å². The highest BCUT2D eigenvalue weighted by atomic mass is 31.2. The molecule has 12 heteroatoms. The van der Waals surface area contributed by atoms with Crippen LogP contribution >= 0.6 is 7.82 Å². The summed E-state index contributed by atoms with van der Waals surface area (Å²) < 4.78 is 82.4. The maximum absolute atomic E-state index is 12.4. The molecule has 3 N–H and O–H groups in total. The van der Waals surface area contributed by atoms with Gasteiger partial charge in [0.2, 0.25) is 0 Å². The van der Waals surface area contributed by atoms with Gasteiger partial charge in [-0.1, -0.05) is 33.6 Å². The highest BCUT2D eigenvalue weighted by Gasteiger charge is 2.37. The van der Waals surface area contributed by atoms with Crippen molar-refractivity contribution in [2.75, 3.05) is 0 Å². The van der Waals surface area contributed by atoms with E-state index in [1.807, 2.05) is 0 Å². The molecule has 0 aromatic heterocycles. The molecule has 0 bridgehead atoms. The van der Waals surface area contributed by atoms with Gasteiger partial charge in [0, 0.05) is 12.8 Å². The number of nitrogens with zero attached hydrogens (tertiary/aromatic N) is 1. The minimum absolute atomic E-state index is 0.384. The summed E-state index contributed by atoms with van der Waals surface area (Å²) in [6.07, 6.45) is -11.7. The summed E-state index contributed by atoms with van der Waals surface area (Å²) in [6, 6.07) is -0.384. The zero-order chi connectivity index (χ0) is 19.1. The second-order valence-corrected chi connectivity index (χ2v) is 6.33. The van der Waals surface area contributed by atoms with Crippen LogP contribution in [0.4, 0.5) is 26.3 Å². The van der Waals surface area contributed by atoms with Gasteiger partial charge < -0.3 is 20.0 Å². The minimum Gasteiger partial charge on any atom is -0.654 e. The van der Waals surface area contributed by atoms with E-state index in [4.69, 9.17) is 19.2 Å². The summed E-state index contributed by atoms with van der Waals surface area (Å²) in [5.74, 6) is 0. The van der Waals surface area contributed by atoms with Crippen LogP contribution in [0.15, 0.2) is 0 Å². The Kier molecular flexibility index (Phi) is 9.98. The molecule has 0 amide bonds. The molecule has 0 aliphatic rings. The van der Waals surface area contributed by atoms with E-state index in [1.165, 1.54) is 0 Å². The molecule has 0 aromatic carbocycles. The van der Waals surface area contributed by atoms with Crippen LogP contribution in [-0.4, -0.2) is 38.6 Å². The van der Waals surface area contributed by atoms with Crippen LogP contribution in [0.2, 0.25) is 0 Å². The Balaban J connectivity index is 0. The van der Waals surface area contributed by atoms with Crippen molar-refractivity contribution in [1.82, 2.24) is 0 Å². The predicted molar refractivity (Wildman–Crippen MR) is 71.7 cm³/mol. The molecule has 23 heavy (non-hydrogen) atoms. The third kappa shape index (κ3) is 21.6. The van der Waals surface area contributed by atoms with Gasteiger partial charge in [-0.05, 0) is 0 Å². The molecule has 0 heterocycles. The second-order valence-electron chi connectivity index (χ2n) is 5.30. The Bertz CT molecular complexity index is 375. The van der Waals surface area contributed by atoms with Gasteiger partial charge >= 0.3 is 20.2 Å². The Morgan fingerprint density at radius 3 is 1.65 bits per heavy atom. The van der Waals surface area contributed by atoms with Crippen molar-refractivity contribution >= 4 is 7.82 Å². The van der Waals surface area contributed by atoms with Crippen molar-refractivity contribution in [2.45, 2.75) is 70.4 Å². The van der Waals surface area contributed by atoms with Crippen molar-refractivity contribution in [3.8, 4) is 0 Å². The maximum atomic E-state index is 12.4. The van der Waals surface area contributed by atoms with Crippen molar-refractivity contribution < 1.29 is 45.6 Å². The third-order valence-corrected chi connectivity index (χ3v) is 2.65. The summed E-state index contributed by atoms with van der Waals surface area (Å²) in [4.78, 5) is 21.6. The molecule has 0 saturated carbocycles. The molecule has 0 saturated heterocycles. The predicted octanol–water partition coefficient (Wildman–Crippen LogP) is 4.28. The topological polar surface area (TPSA) is 91.9 Å². The third-order valence-electron chi connectivity index (χ3n) is 2.65. The SMILES string of the molecule is CCC(C)[N-]C(C)(CCC(F)(F)F)CC(F)(F)F.O=P(O)(O)O. The quantitative estimate of drug-likeness (QED) is 0.477. The molecule has 0 rings (SSSR count). The fourth-order valence-corrected chi connectivity index (χ4v) is 1.66. The van der Waals surface area contributed by atoms with Crippen molar-refractivity contribution in [3.63, 3.8) is 0 Å². The summed E-state index contributed by atoms with van der Waals surface area (Å²) in [7, 11) is -4.64. The molecule has 0 aliphatic heterocycles. The van der Waals surface area contributed by atoms with Crippen LogP contribution < -0.4 is 0 Å². The highest BCUT2D eigenvalue weighted by molar-refractivity contribution is 7.45. The van der Waals surface area contributed by atoms with E-state index in [0.717, 1.165) is 6.92 Å². The number of hydrogen-bond donors (Lipinski definition) is 3. The first-order chi connectivity index (χ1) is 9.87. The van der Waals surface area contributed by atoms with Gasteiger partial charge in [-0.15, -0.1) is 11.6 Å². The van der Waals surface area contributed by atoms with E-state index in [1.54, 1.807) is 13.8 Å². The van der Waals surface area contributed by atoms with Crippen molar-refractivity contribution in [2.24, 2.45) is 0 Å². The molecule has 0 radical (unpaired) electrons. The summed E-state index contributed by atoms with van der Waals surface area (Å²) in [5.41, 5.74) is -1.71. The Labute approximate surface area is 130 Å². The number of alkyl halides is 6. The average Bonchev–Trinajstić information content (AvgIpc) is 2.20. The van der Waals surface area contributed by atoms with Crippen molar-refractivity contribution in [3.05, 3.63) is 5.32 Å². The summed E-state index contributed by atoms with van der Waals surface area (Å²) >= 11 is 0. The first kappa shape index (κ1) is 24.9. The molecule has 2 atom stereocenters. The van der Waals surface area contributed by atoms with Crippen LogP contribution in [0.1, 0.15) is 46.5 Å².